The van der Waals surface area contributed by atoms with Gasteiger partial charge in [0.15, 0.2) is 0 Å². The summed E-state index contributed by atoms with van der Waals surface area (Å²) in [6, 6.07) is 0. The van der Waals surface area contributed by atoms with E-state index in [1.54, 1.807) is 0 Å². The van der Waals surface area contributed by atoms with Crippen molar-refractivity contribution in [1.29, 1.82) is 0 Å². The average Bonchev–Trinajstić information content (AvgIpc) is 2.88. The van der Waals surface area contributed by atoms with Crippen molar-refractivity contribution in [1.82, 2.24) is 0 Å². The predicted octanol–water partition coefficient (Wildman–Crippen LogP) is 4.16. The summed E-state index contributed by atoms with van der Waals surface area (Å²) in [6.45, 7) is 4.08. The molecule has 2 rings (SSSR count). The van der Waals surface area contributed by atoms with Gasteiger partial charge in [0.2, 0.25) is 0 Å². The molecule has 72 valence electrons. The molecule has 0 nitrogen and oxygen atoms in total. The third-order valence-corrected chi connectivity index (χ3v) is 14.5. The van der Waals surface area contributed by atoms with Gasteiger partial charge >= 0.3 is 91.1 Å². The van der Waals surface area contributed by atoms with Crippen molar-refractivity contribution in [3.8, 4) is 0 Å². The third kappa shape index (κ3) is 1.59. The monoisotopic (exact) mass is 262 g/mol. The van der Waals surface area contributed by atoms with Crippen LogP contribution in [-0.2, 0) is 20.3 Å². The first-order valence-corrected chi connectivity index (χ1v) is 11.8. The van der Waals surface area contributed by atoms with Gasteiger partial charge in [-0.2, -0.15) is 0 Å². The van der Waals surface area contributed by atoms with E-state index >= 15 is 0 Å². The van der Waals surface area contributed by atoms with Gasteiger partial charge in [0.05, 0.1) is 0 Å². The summed E-state index contributed by atoms with van der Waals surface area (Å²) in [6.07, 6.45) is 18.1. The maximum absolute atomic E-state index is 4.08. The SMILES string of the molecule is C=[CH][Zr]([CH3])([CH]1C=CC=C1)[CH]1C=CC=C1. The van der Waals surface area contributed by atoms with Gasteiger partial charge in [-0.15, -0.1) is 0 Å². The number of hydrogen-bond acceptors (Lipinski definition) is 0. The number of rotatable bonds is 3. The molecule has 0 aromatic heterocycles. The summed E-state index contributed by atoms with van der Waals surface area (Å²) in [4.78, 5) is 0. The zero-order chi connectivity index (χ0) is 10.0. The van der Waals surface area contributed by atoms with E-state index in [-0.39, 0.29) is 0 Å². The summed E-state index contributed by atoms with van der Waals surface area (Å²) in [5, 5.41) is 0. The molecule has 0 bridgehead atoms. The zero-order valence-corrected chi connectivity index (χ0v) is 11.0. The maximum atomic E-state index is 4.08. The van der Waals surface area contributed by atoms with Gasteiger partial charge in [0.25, 0.3) is 0 Å². The van der Waals surface area contributed by atoms with Crippen molar-refractivity contribution in [2.45, 2.75) is 11.9 Å². The van der Waals surface area contributed by atoms with Crippen molar-refractivity contribution in [3.05, 3.63) is 59.0 Å². The van der Waals surface area contributed by atoms with Crippen LogP contribution in [0, 0.1) is 0 Å². The second-order valence-corrected chi connectivity index (χ2v) is 15.2. The van der Waals surface area contributed by atoms with Crippen LogP contribution < -0.4 is 0 Å². The Kier molecular flexibility index (Phi) is 2.88. The molecule has 0 fully saturated rings. The van der Waals surface area contributed by atoms with Crippen LogP contribution in [0.5, 0.6) is 0 Å². The molecule has 0 aliphatic heterocycles. The molecule has 0 radical (unpaired) electrons. The van der Waals surface area contributed by atoms with Crippen LogP contribution >= 0.6 is 0 Å². The second kappa shape index (κ2) is 3.98. The van der Waals surface area contributed by atoms with E-state index < -0.39 is 20.3 Å². The topological polar surface area (TPSA) is 0 Å². The van der Waals surface area contributed by atoms with Crippen LogP contribution in [0.4, 0.5) is 0 Å². The van der Waals surface area contributed by atoms with Gasteiger partial charge in [-0.3, -0.25) is 0 Å². The fourth-order valence-electron chi connectivity index (χ4n) is 2.19. The fraction of sp³-hybridized carbons (Fsp3) is 0.231. The van der Waals surface area contributed by atoms with E-state index in [2.05, 4.69) is 63.6 Å². The Morgan fingerprint density at radius 3 is 1.57 bits per heavy atom. The molecule has 0 heterocycles. The molecular formula is C13H16Zr. The molecule has 0 aromatic carbocycles. The minimum absolute atomic E-state index is 0.694. The van der Waals surface area contributed by atoms with Gasteiger partial charge in [-0.25, -0.2) is 0 Å². The normalized spacial score (nSPS) is 21.2. The molecule has 2 aliphatic rings. The van der Waals surface area contributed by atoms with Crippen molar-refractivity contribution in [3.63, 3.8) is 0 Å². The van der Waals surface area contributed by atoms with E-state index in [1.807, 2.05) is 0 Å². The number of allylic oxidation sites excluding steroid dienone is 8. The minimum atomic E-state index is -2.24. The number of hydrogen-bond donors (Lipinski definition) is 0. The summed E-state index contributed by atoms with van der Waals surface area (Å²) < 4.78 is 6.17. The van der Waals surface area contributed by atoms with E-state index in [9.17, 15) is 0 Å². The Labute approximate surface area is 90.8 Å². The van der Waals surface area contributed by atoms with Crippen LogP contribution in [0.15, 0.2) is 59.0 Å². The molecule has 0 atom stereocenters. The van der Waals surface area contributed by atoms with Gasteiger partial charge in [0.1, 0.15) is 0 Å². The van der Waals surface area contributed by atoms with E-state index in [0.29, 0.717) is 7.25 Å². The molecule has 0 aromatic rings. The molecule has 0 amide bonds. The first-order valence-electron chi connectivity index (χ1n) is 5.11. The summed E-state index contributed by atoms with van der Waals surface area (Å²) in [5.41, 5.74) is 0. The Morgan fingerprint density at radius 1 is 0.929 bits per heavy atom. The molecule has 0 spiro atoms. The molecule has 14 heavy (non-hydrogen) atoms. The van der Waals surface area contributed by atoms with E-state index in [0.717, 1.165) is 0 Å². The summed E-state index contributed by atoms with van der Waals surface area (Å²) in [5.74, 6) is 0. The first kappa shape index (κ1) is 10.1. The van der Waals surface area contributed by atoms with Crippen LogP contribution in [0.2, 0.25) is 11.9 Å². The van der Waals surface area contributed by atoms with Crippen LogP contribution in [-0.4, -0.2) is 0 Å². The molecule has 0 unspecified atom stereocenters. The Balaban J connectivity index is 2.28. The van der Waals surface area contributed by atoms with Crippen molar-refractivity contribution in [2.75, 3.05) is 0 Å². The van der Waals surface area contributed by atoms with Crippen LogP contribution in [0.1, 0.15) is 0 Å². The second-order valence-electron chi connectivity index (χ2n) is 4.16. The first-order chi connectivity index (χ1) is 6.77. The van der Waals surface area contributed by atoms with Gasteiger partial charge in [-0.1, -0.05) is 0 Å². The van der Waals surface area contributed by atoms with Crippen LogP contribution in [0.25, 0.3) is 0 Å². The summed E-state index contributed by atoms with van der Waals surface area (Å²) in [7, 11) is 0. The quantitative estimate of drug-likeness (QED) is 0.717. The van der Waals surface area contributed by atoms with E-state index in [4.69, 9.17) is 0 Å². The van der Waals surface area contributed by atoms with Crippen molar-refractivity contribution < 1.29 is 20.3 Å². The Hall–Kier alpha value is -0.417. The molecule has 0 N–H and O–H groups in total. The third-order valence-electron chi connectivity index (χ3n) is 3.37. The summed E-state index contributed by atoms with van der Waals surface area (Å²) >= 11 is -2.24. The Morgan fingerprint density at radius 2 is 1.29 bits per heavy atom. The Bertz CT molecular complexity index is 292. The standard InChI is InChI=1S/2C5H5.C2H3.CH3.Zr/c2*1-2-4-5-3-1;1-2;;/h2*1-5H;1H,2H2;1H3;. The molecular weight excluding hydrogens is 247 g/mol. The van der Waals surface area contributed by atoms with Crippen molar-refractivity contribution >= 4 is 0 Å². The predicted molar refractivity (Wildman–Crippen MR) is 60.1 cm³/mol. The zero-order valence-electron chi connectivity index (χ0n) is 8.56. The van der Waals surface area contributed by atoms with Crippen LogP contribution in [0.3, 0.4) is 0 Å². The fourth-order valence-corrected chi connectivity index (χ4v) is 9.79. The molecule has 1 heteroatoms. The van der Waals surface area contributed by atoms with Gasteiger partial charge < -0.3 is 0 Å². The molecule has 2 aliphatic carbocycles. The van der Waals surface area contributed by atoms with Gasteiger partial charge in [0, 0.05) is 0 Å². The molecule has 0 saturated heterocycles. The average molecular weight is 263 g/mol. The van der Waals surface area contributed by atoms with E-state index in [1.165, 1.54) is 0 Å². The van der Waals surface area contributed by atoms with Crippen molar-refractivity contribution in [2.24, 2.45) is 0 Å². The molecule has 0 saturated carbocycles. The van der Waals surface area contributed by atoms with Gasteiger partial charge in [-0.05, 0) is 0 Å².